The van der Waals surface area contributed by atoms with Crippen LogP contribution >= 0.6 is 11.3 Å². The number of aliphatic imine (C=N–C) groups is 1. The highest BCUT2D eigenvalue weighted by atomic mass is 32.1. The maximum absolute atomic E-state index is 11.6. The number of nitrogens with one attached hydrogen (secondary N) is 2. The van der Waals surface area contributed by atoms with Crippen molar-refractivity contribution < 1.29 is 9.47 Å². The van der Waals surface area contributed by atoms with Crippen LogP contribution in [0.3, 0.4) is 0 Å². The molecular formula is C16H16N4O3S. The zero-order valence-corrected chi connectivity index (χ0v) is 14.2. The molecule has 2 N–H and O–H groups in total. The molecule has 0 radical (unpaired) electrons. The number of hydrogen-bond acceptors (Lipinski definition) is 6. The van der Waals surface area contributed by atoms with Gasteiger partial charge in [-0.25, -0.2) is 9.98 Å². The minimum absolute atomic E-state index is 0.201. The van der Waals surface area contributed by atoms with Crippen molar-refractivity contribution in [3.8, 4) is 22.8 Å². The highest BCUT2D eigenvalue weighted by Gasteiger charge is 2.09. The number of aromatic amines is 2. The molecule has 0 saturated heterocycles. The summed E-state index contributed by atoms with van der Waals surface area (Å²) in [6.07, 6.45) is 1.52. The summed E-state index contributed by atoms with van der Waals surface area (Å²) in [7, 11) is 3.19. The number of ether oxygens (including phenoxy) is 2. The maximum Gasteiger partial charge on any atom is 0.272 e. The van der Waals surface area contributed by atoms with E-state index in [2.05, 4.69) is 20.2 Å². The summed E-state index contributed by atoms with van der Waals surface area (Å²) in [4.78, 5) is 20.3. The van der Waals surface area contributed by atoms with Crippen molar-refractivity contribution in [1.82, 2.24) is 15.2 Å². The number of H-pyrrole nitrogens is 2. The van der Waals surface area contributed by atoms with Gasteiger partial charge in [-0.05, 0) is 25.1 Å². The van der Waals surface area contributed by atoms with Crippen LogP contribution < -0.4 is 15.0 Å². The number of methoxy groups -OCH3 is 2. The highest BCUT2D eigenvalue weighted by Crippen LogP contribution is 2.33. The van der Waals surface area contributed by atoms with E-state index in [-0.39, 0.29) is 5.56 Å². The number of benzene rings is 1. The van der Waals surface area contributed by atoms with E-state index in [4.69, 9.17) is 9.47 Å². The summed E-state index contributed by atoms with van der Waals surface area (Å²) in [6, 6.07) is 5.60. The van der Waals surface area contributed by atoms with Crippen LogP contribution in [0.25, 0.3) is 11.3 Å². The van der Waals surface area contributed by atoms with Crippen molar-refractivity contribution in [1.29, 1.82) is 0 Å². The van der Waals surface area contributed by atoms with Crippen molar-refractivity contribution in [3.05, 3.63) is 45.2 Å². The fourth-order valence-corrected chi connectivity index (χ4v) is 2.85. The van der Waals surface area contributed by atoms with Crippen LogP contribution in [0.15, 0.2) is 33.4 Å². The average molecular weight is 344 g/mol. The maximum atomic E-state index is 11.6. The summed E-state index contributed by atoms with van der Waals surface area (Å²) in [6.45, 7) is 1.80. The molecule has 3 aromatic rings. The largest absolute Gasteiger partial charge is 0.493 e. The van der Waals surface area contributed by atoms with E-state index in [1.165, 1.54) is 17.6 Å². The second-order valence-corrected chi connectivity index (χ2v) is 5.80. The summed E-state index contributed by atoms with van der Waals surface area (Å²) in [5.74, 6) is 1.31. The molecule has 0 aliphatic rings. The van der Waals surface area contributed by atoms with Gasteiger partial charge in [-0.1, -0.05) is 0 Å². The predicted molar refractivity (Wildman–Crippen MR) is 94.1 cm³/mol. The van der Waals surface area contributed by atoms with Crippen LogP contribution in [0.1, 0.15) is 11.3 Å². The molecule has 2 aromatic heterocycles. The average Bonchev–Trinajstić information content (AvgIpc) is 3.19. The van der Waals surface area contributed by atoms with Crippen LogP contribution in [0.2, 0.25) is 0 Å². The van der Waals surface area contributed by atoms with E-state index in [1.807, 2.05) is 23.6 Å². The number of aryl methyl sites for hydroxylation is 1. The summed E-state index contributed by atoms with van der Waals surface area (Å²) < 4.78 is 10.5. The quantitative estimate of drug-likeness (QED) is 0.696. The van der Waals surface area contributed by atoms with Crippen LogP contribution in [0, 0.1) is 6.92 Å². The van der Waals surface area contributed by atoms with E-state index in [0.717, 1.165) is 17.0 Å². The lowest BCUT2D eigenvalue weighted by Crippen LogP contribution is -2.04. The smallest absolute Gasteiger partial charge is 0.272 e. The molecule has 0 aliphatic carbocycles. The summed E-state index contributed by atoms with van der Waals surface area (Å²) in [5, 5.41) is 7.74. The minimum atomic E-state index is -0.201. The van der Waals surface area contributed by atoms with Crippen LogP contribution in [-0.2, 0) is 0 Å². The molecule has 3 rings (SSSR count). The van der Waals surface area contributed by atoms with Gasteiger partial charge in [0.2, 0.25) is 5.13 Å². The first-order chi connectivity index (χ1) is 11.6. The van der Waals surface area contributed by atoms with Gasteiger partial charge in [0.1, 0.15) is 0 Å². The van der Waals surface area contributed by atoms with E-state index in [1.54, 1.807) is 21.1 Å². The van der Waals surface area contributed by atoms with Crippen molar-refractivity contribution >= 4 is 22.7 Å². The Bertz CT molecular complexity index is 939. The standard InChI is InChI=1S/C16H16N4O3S/c1-9-11(15(21)20-19-9)7-17-16-18-12(8-24-16)10-4-5-13(22-2)14(6-10)23-3/h4-8H,1-3H3,(H2,19,20,21)/b17-7+. The van der Waals surface area contributed by atoms with E-state index in [9.17, 15) is 4.79 Å². The highest BCUT2D eigenvalue weighted by molar-refractivity contribution is 7.13. The van der Waals surface area contributed by atoms with Gasteiger partial charge < -0.3 is 14.6 Å². The van der Waals surface area contributed by atoms with Gasteiger partial charge >= 0.3 is 0 Å². The number of nitrogens with zero attached hydrogens (tertiary/aromatic N) is 2. The number of thiazole rings is 1. The van der Waals surface area contributed by atoms with Gasteiger partial charge in [-0.2, -0.15) is 0 Å². The Morgan fingerprint density at radius 1 is 1.21 bits per heavy atom. The Balaban J connectivity index is 1.87. The zero-order valence-electron chi connectivity index (χ0n) is 13.4. The first-order valence-corrected chi connectivity index (χ1v) is 7.99. The number of hydrogen-bond donors (Lipinski definition) is 2. The fraction of sp³-hybridized carbons (Fsp3) is 0.188. The predicted octanol–water partition coefficient (Wildman–Crippen LogP) is 2.90. The molecule has 0 spiro atoms. The summed E-state index contributed by atoms with van der Waals surface area (Å²) in [5.41, 5.74) is 2.72. The third-order valence-corrected chi connectivity index (χ3v) is 4.24. The van der Waals surface area contributed by atoms with Crippen molar-refractivity contribution in [2.24, 2.45) is 4.99 Å². The Hall–Kier alpha value is -2.87. The molecular weight excluding hydrogens is 328 g/mol. The van der Waals surface area contributed by atoms with Gasteiger partial charge in [0.05, 0.1) is 25.5 Å². The normalized spacial score (nSPS) is 11.1. The van der Waals surface area contributed by atoms with E-state index in [0.29, 0.717) is 22.2 Å². The topological polar surface area (TPSA) is 92.4 Å². The molecule has 0 aliphatic heterocycles. The number of rotatable bonds is 5. The van der Waals surface area contributed by atoms with E-state index < -0.39 is 0 Å². The molecule has 0 unspecified atom stereocenters. The van der Waals surface area contributed by atoms with Crippen LogP contribution in [0.4, 0.5) is 5.13 Å². The van der Waals surface area contributed by atoms with Gasteiger partial charge in [0.25, 0.3) is 5.56 Å². The molecule has 124 valence electrons. The third-order valence-electron chi connectivity index (χ3n) is 3.49. The van der Waals surface area contributed by atoms with Crippen molar-refractivity contribution in [3.63, 3.8) is 0 Å². The lowest BCUT2D eigenvalue weighted by Gasteiger charge is -2.08. The second kappa shape index (κ2) is 6.71. The molecule has 0 atom stereocenters. The minimum Gasteiger partial charge on any atom is -0.493 e. The van der Waals surface area contributed by atoms with E-state index >= 15 is 0 Å². The van der Waals surface area contributed by atoms with Crippen LogP contribution in [0.5, 0.6) is 11.5 Å². The Kier molecular flexibility index (Phi) is 4.48. The van der Waals surface area contributed by atoms with Gasteiger partial charge in [-0.3, -0.25) is 9.89 Å². The second-order valence-electron chi connectivity index (χ2n) is 4.96. The first-order valence-electron chi connectivity index (χ1n) is 7.11. The van der Waals surface area contributed by atoms with Gasteiger partial charge in [-0.15, -0.1) is 11.3 Å². The molecule has 0 saturated carbocycles. The Morgan fingerprint density at radius 3 is 2.67 bits per heavy atom. The first kappa shape index (κ1) is 16.0. The fourth-order valence-electron chi connectivity index (χ4n) is 2.18. The molecule has 2 heterocycles. The Morgan fingerprint density at radius 2 is 2.00 bits per heavy atom. The third kappa shape index (κ3) is 3.09. The van der Waals surface area contributed by atoms with Crippen LogP contribution in [-0.4, -0.2) is 35.6 Å². The zero-order chi connectivity index (χ0) is 17.1. The van der Waals surface area contributed by atoms with Gasteiger partial charge in [0, 0.05) is 22.9 Å². The monoisotopic (exact) mass is 344 g/mol. The van der Waals surface area contributed by atoms with Gasteiger partial charge in [0.15, 0.2) is 11.5 Å². The molecule has 0 bridgehead atoms. The molecule has 0 amide bonds. The van der Waals surface area contributed by atoms with Crippen molar-refractivity contribution in [2.45, 2.75) is 6.92 Å². The summed E-state index contributed by atoms with van der Waals surface area (Å²) >= 11 is 1.40. The lowest BCUT2D eigenvalue weighted by atomic mass is 10.1. The SMILES string of the molecule is COc1ccc(-c2csc(/N=C/c3c(C)[nH][nH]c3=O)n2)cc1OC. The molecule has 1 aromatic carbocycles. The molecule has 0 fully saturated rings. The Labute approximate surface area is 142 Å². The molecule has 24 heavy (non-hydrogen) atoms. The lowest BCUT2D eigenvalue weighted by molar-refractivity contribution is 0.355. The molecule has 8 heteroatoms. The molecule has 7 nitrogen and oxygen atoms in total. The van der Waals surface area contributed by atoms with Crippen molar-refractivity contribution in [2.75, 3.05) is 14.2 Å². The number of aromatic nitrogens is 3.